The molecular weight excluding hydrogens is 366 g/mol. The van der Waals surface area contributed by atoms with Crippen LogP contribution in [0.4, 0.5) is 0 Å². The number of hydrogen-bond acceptors (Lipinski definition) is 6. The zero-order valence-corrected chi connectivity index (χ0v) is 17.9. The van der Waals surface area contributed by atoms with Gasteiger partial charge in [0.05, 0.1) is 0 Å². The zero-order chi connectivity index (χ0) is 20.6. The SMILES string of the molecule is CC(C)c1ccc(-c2noc(CCC(=O)NCCCN3CCN(C)CC3)n2)cc1. The smallest absolute Gasteiger partial charge is 0.227 e. The molecule has 158 valence electrons. The van der Waals surface area contributed by atoms with Crippen LogP contribution in [0.2, 0.25) is 0 Å². The molecule has 1 N–H and O–H groups in total. The molecule has 0 unspecified atom stereocenters. The van der Waals surface area contributed by atoms with Crippen molar-refractivity contribution in [2.24, 2.45) is 0 Å². The predicted octanol–water partition coefficient (Wildman–Crippen LogP) is 2.55. The summed E-state index contributed by atoms with van der Waals surface area (Å²) in [6.45, 7) is 10.6. The Morgan fingerprint density at radius 2 is 1.90 bits per heavy atom. The molecule has 1 aliphatic heterocycles. The second-order valence-electron chi connectivity index (χ2n) is 8.14. The van der Waals surface area contributed by atoms with Crippen LogP contribution in [0.25, 0.3) is 11.4 Å². The first-order valence-corrected chi connectivity index (χ1v) is 10.6. The maximum Gasteiger partial charge on any atom is 0.227 e. The van der Waals surface area contributed by atoms with Crippen molar-refractivity contribution in [1.82, 2.24) is 25.3 Å². The zero-order valence-electron chi connectivity index (χ0n) is 17.9. The van der Waals surface area contributed by atoms with E-state index < -0.39 is 0 Å². The molecule has 2 aromatic rings. The van der Waals surface area contributed by atoms with Gasteiger partial charge in [-0.2, -0.15) is 4.98 Å². The second kappa shape index (κ2) is 10.5. The molecule has 1 saturated heterocycles. The highest BCUT2D eigenvalue weighted by molar-refractivity contribution is 5.75. The molecule has 0 bridgehead atoms. The highest BCUT2D eigenvalue weighted by Gasteiger charge is 2.14. The van der Waals surface area contributed by atoms with Crippen molar-refractivity contribution in [1.29, 1.82) is 0 Å². The Labute approximate surface area is 173 Å². The number of piperazine rings is 1. The van der Waals surface area contributed by atoms with Gasteiger partial charge < -0.3 is 19.6 Å². The van der Waals surface area contributed by atoms with Crippen LogP contribution in [0.5, 0.6) is 0 Å². The predicted molar refractivity (Wildman–Crippen MR) is 114 cm³/mol. The molecule has 2 heterocycles. The summed E-state index contributed by atoms with van der Waals surface area (Å²) in [5, 5.41) is 7.04. The lowest BCUT2D eigenvalue weighted by Crippen LogP contribution is -2.45. The van der Waals surface area contributed by atoms with Gasteiger partial charge in [0.15, 0.2) is 0 Å². The van der Waals surface area contributed by atoms with Crippen molar-refractivity contribution in [3.63, 3.8) is 0 Å². The lowest BCUT2D eigenvalue weighted by atomic mass is 10.0. The van der Waals surface area contributed by atoms with Crippen molar-refractivity contribution in [2.45, 2.75) is 39.0 Å². The number of nitrogens with one attached hydrogen (secondary N) is 1. The van der Waals surface area contributed by atoms with Gasteiger partial charge in [-0.1, -0.05) is 43.3 Å². The van der Waals surface area contributed by atoms with E-state index in [1.54, 1.807) is 0 Å². The monoisotopic (exact) mass is 399 g/mol. The van der Waals surface area contributed by atoms with Gasteiger partial charge in [-0.25, -0.2) is 0 Å². The molecule has 0 aliphatic carbocycles. The molecule has 7 nitrogen and oxygen atoms in total. The summed E-state index contributed by atoms with van der Waals surface area (Å²) in [6, 6.07) is 8.20. The van der Waals surface area contributed by atoms with E-state index in [4.69, 9.17) is 4.52 Å². The van der Waals surface area contributed by atoms with Gasteiger partial charge in [0.2, 0.25) is 17.6 Å². The third-order valence-corrected chi connectivity index (χ3v) is 5.44. The molecular formula is C22H33N5O2. The largest absolute Gasteiger partial charge is 0.356 e. The summed E-state index contributed by atoms with van der Waals surface area (Å²) in [5.41, 5.74) is 2.21. The summed E-state index contributed by atoms with van der Waals surface area (Å²) < 4.78 is 5.31. The van der Waals surface area contributed by atoms with Crippen LogP contribution in [-0.4, -0.2) is 72.2 Å². The fourth-order valence-electron chi connectivity index (χ4n) is 3.40. The Balaban J connectivity index is 1.35. The molecule has 0 spiro atoms. The third kappa shape index (κ3) is 6.65. The molecule has 0 saturated carbocycles. The minimum Gasteiger partial charge on any atom is -0.356 e. The fourth-order valence-corrected chi connectivity index (χ4v) is 3.40. The number of aryl methyl sites for hydroxylation is 1. The number of likely N-dealkylation sites (N-methyl/N-ethyl adjacent to an activating group) is 1. The van der Waals surface area contributed by atoms with Crippen molar-refractivity contribution in [3.05, 3.63) is 35.7 Å². The van der Waals surface area contributed by atoms with E-state index in [9.17, 15) is 4.79 Å². The molecule has 1 aliphatic rings. The molecule has 29 heavy (non-hydrogen) atoms. The number of aromatic nitrogens is 2. The molecule has 0 atom stereocenters. The number of nitrogens with zero attached hydrogens (tertiary/aromatic N) is 4. The molecule has 7 heteroatoms. The van der Waals surface area contributed by atoms with Crippen LogP contribution in [-0.2, 0) is 11.2 Å². The van der Waals surface area contributed by atoms with Crippen molar-refractivity contribution in [2.75, 3.05) is 46.3 Å². The maximum atomic E-state index is 12.1. The normalized spacial score (nSPS) is 15.7. The summed E-state index contributed by atoms with van der Waals surface area (Å²) in [5.74, 6) is 1.60. The second-order valence-corrected chi connectivity index (χ2v) is 8.14. The van der Waals surface area contributed by atoms with Crippen LogP contribution in [0.15, 0.2) is 28.8 Å². The highest BCUT2D eigenvalue weighted by atomic mass is 16.5. The van der Waals surface area contributed by atoms with Gasteiger partial charge in [0.25, 0.3) is 0 Å². The van der Waals surface area contributed by atoms with Crippen LogP contribution >= 0.6 is 0 Å². The summed E-state index contributed by atoms with van der Waals surface area (Å²) in [6.07, 6.45) is 1.80. The lowest BCUT2D eigenvalue weighted by molar-refractivity contribution is -0.121. The lowest BCUT2D eigenvalue weighted by Gasteiger charge is -2.32. The van der Waals surface area contributed by atoms with Crippen molar-refractivity contribution >= 4 is 5.91 Å². The maximum absolute atomic E-state index is 12.1. The number of amides is 1. The van der Waals surface area contributed by atoms with E-state index in [2.05, 4.69) is 58.3 Å². The summed E-state index contributed by atoms with van der Waals surface area (Å²) >= 11 is 0. The number of carbonyl (C=O) groups is 1. The van der Waals surface area contributed by atoms with Crippen molar-refractivity contribution in [3.8, 4) is 11.4 Å². The molecule has 1 fully saturated rings. The van der Waals surface area contributed by atoms with Gasteiger partial charge in [-0.05, 0) is 31.5 Å². The third-order valence-electron chi connectivity index (χ3n) is 5.44. The number of benzene rings is 1. The van der Waals surface area contributed by atoms with Gasteiger partial charge in [-0.15, -0.1) is 0 Å². The number of carbonyl (C=O) groups excluding carboxylic acids is 1. The van der Waals surface area contributed by atoms with E-state index in [1.807, 2.05) is 12.1 Å². The first-order valence-electron chi connectivity index (χ1n) is 10.6. The van der Waals surface area contributed by atoms with Gasteiger partial charge >= 0.3 is 0 Å². The van der Waals surface area contributed by atoms with Gasteiger partial charge in [0.1, 0.15) is 0 Å². The first kappa shape index (κ1) is 21.5. The van der Waals surface area contributed by atoms with E-state index >= 15 is 0 Å². The Hall–Kier alpha value is -2.25. The van der Waals surface area contributed by atoms with Gasteiger partial charge in [0, 0.05) is 51.1 Å². The van der Waals surface area contributed by atoms with Crippen LogP contribution in [0, 0.1) is 0 Å². The highest BCUT2D eigenvalue weighted by Crippen LogP contribution is 2.20. The molecule has 1 aromatic carbocycles. The quantitative estimate of drug-likeness (QED) is 0.653. The fraction of sp³-hybridized carbons (Fsp3) is 0.591. The average molecular weight is 400 g/mol. The molecule has 1 aromatic heterocycles. The van der Waals surface area contributed by atoms with Crippen LogP contribution in [0.3, 0.4) is 0 Å². The topological polar surface area (TPSA) is 74.5 Å². The van der Waals surface area contributed by atoms with Crippen LogP contribution < -0.4 is 5.32 Å². The Morgan fingerprint density at radius 3 is 2.59 bits per heavy atom. The summed E-state index contributed by atoms with van der Waals surface area (Å²) in [4.78, 5) is 21.3. The molecule has 1 amide bonds. The Morgan fingerprint density at radius 1 is 1.17 bits per heavy atom. The number of rotatable bonds is 9. The standard InChI is InChI=1S/C22H33N5O2/c1-17(2)18-5-7-19(8-6-18)22-24-21(29-25-22)10-9-20(28)23-11-4-12-27-15-13-26(3)14-16-27/h5-8,17H,4,9-16H2,1-3H3,(H,23,28). The van der Waals surface area contributed by atoms with Gasteiger partial charge in [-0.3, -0.25) is 4.79 Å². The molecule has 0 radical (unpaired) electrons. The van der Waals surface area contributed by atoms with Crippen LogP contribution in [0.1, 0.15) is 44.1 Å². The van der Waals surface area contributed by atoms with E-state index in [1.165, 1.54) is 5.56 Å². The van der Waals surface area contributed by atoms with E-state index in [0.29, 0.717) is 37.0 Å². The minimum atomic E-state index is 0.0319. The summed E-state index contributed by atoms with van der Waals surface area (Å²) in [7, 11) is 2.16. The minimum absolute atomic E-state index is 0.0319. The van der Waals surface area contributed by atoms with E-state index in [0.717, 1.165) is 44.7 Å². The van der Waals surface area contributed by atoms with E-state index in [-0.39, 0.29) is 5.91 Å². The Kier molecular flexibility index (Phi) is 7.77. The Bertz CT molecular complexity index is 764. The number of hydrogen-bond donors (Lipinski definition) is 1. The average Bonchev–Trinajstić information content (AvgIpc) is 3.20. The first-order chi connectivity index (χ1) is 14.0. The van der Waals surface area contributed by atoms with Crippen molar-refractivity contribution < 1.29 is 9.32 Å². The molecule has 3 rings (SSSR count).